The van der Waals surface area contributed by atoms with Crippen LogP contribution < -0.4 is 5.32 Å². The minimum Gasteiger partial charge on any atom is -0.449 e. The molecule has 0 aromatic heterocycles. The van der Waals surface area contributed by atoms with E-state index in [9.17, 15) is 9.59 Å². The molecule has 2 aromatic rings. The second-order valence-corrected chi connectivity index (χ2v) is 5.67. The Hall–Kier alpha value is -2.62. The molecule has 0 aliphatic carbocycles. The molecule has 0 radical (unpaired) electrons. The molecule has 1 N–H and O–H groups in total. The summed E-state index contributed by atoms with van der Waals surface area (Å²) in [7, 11) is 0. The van der Waals surface area contributed by atoms with Gasteiger partial charge in [-0.1, -0.05) is 35.9 Å². The van der Waals surface area contributed by atoms with E-state index in [0.717, 1.165) is 22.4 Å². The largest absolute Gasteiger partial charge is 0.449 e. The van der Waals surface area contributed by atoms with Crippen LogP contribution in [0.15, 0.2) is 42.5 Å². The van der Waals surface area contributed by atoms with Crippen LogP contribution in [0.25, 0.3) is 0 Å². The number of ether oxygens (including phenoxy) is 1. The van der Waals surface area contributed by atoms with Gasteiger partial charge in [-0.3, -0.25) is 4.79 Å². The van der Waals surface area contributed by atoms with Crippen molar-refractivity contribution in [3.8, 4) is 0 Å². The Morgan fingerprint density at radius 1 is 1.00 bits per heavy atom. The molecular formula is C19H21NO3. The number of anilines is 1. The van der Waals surface area contributed by atoms with Crippen LogP contribution in [0.2, 0.25) is 0 Å². The lowest BCUT2D eigenvalue weighted by molar-refractivity contribution is -0.123. The van der Waals surface area contributed by atoms with Gasteiger partial charge in [0.25, 0.3) is 5.91 Å². The van der Waals surface area contributed by atoms with Gasteiger partial charge < -0.3 is 10.1 Å². The van der Waals surface area contributed by atoms with Crippen molar-refractivity contribution in [1.29, 1.82) is 0 Å². The second-order valence-electron chi connectivity index (χ2n) is 5.67. The third-order valence-corrected chi connectivity index (χ3v) is 3.66. The fourth-order valence-corrected chi connectivity index (χ4v) is 2.27. The predicted molar refractivity (Wildman–Crippen MR) is 90.6 cm³/mol. The first-order chi connectivity index (χ1) is 10.9. The molecule has 0 heterocycles. The molecule has 0 fully saturated rings. The number of aryl methyl sites for hydroxylation is 3. The van der Waals surface area contributed by atoms with Gasteiger partial charge >= 0.3 is 5.97 Å². The fourth-order valence-electron chi connectivity index (χ4n) is 2.27. The van der Waals surface area contributed by atoms with E-state index in [2.05, 4.69) is 5.32 Å². The quantitative estimate of drug-likeness (QED) is 0.874. The van der Waals surface area contributed by atoms with E-state index in [4.69, 9.17) is 4.74 Å². The van der Waals surface area contributed by atoms with Crippen molar-refractivity contribution in [3.05, 3.63) is 64.7 Å². The van der Waals surface area contributed by atoms with Crippen molar-refractivity contribution in [2.24, 2.45) is 0 Å². The van der Waals surface area contributed by atoms with Gasteiger partial charge in [0, 0.05) is 5.69 Å². The number of benzene rings is 2. The number of amides is 1. The molecular weight excluding hydrogens is 290 g/mol. The molecule has 2 aromatic carbocycles. The molecule has 0 bridgehead atoms. The molecule has 0 aliphatic rings. The van der Waals surface area contributed by atoms with E-state index in [1.54, 1.807) is 19.1 Å². The van der Waals surface area contributed by atoms with Crippen LogP contribution in [0, 0.1) is 20.8 Å². The van der Waals surface area contributed by atoms with E-state index in [-0.39, 0.29) is 5.91 Å². The summed E-state index contributed by atoms with van der Waals surface area (Å²) in [5.74, 6) is -0.842. The highest BCUT2D eigenvalue weighted by Crippen LogP contribution is 2.17. The number of nitrogens with one attached hydrogen (secondary N) is 1. The minimum atomic E-state index is -0.872. The predicted octanol–water partition coefficient (Wildman–Crippen LogP) is 3.80. The molecule has 23 heavy (non-hydrogen) atoms. The van der Waals surface area contributed by atoms with Crippen LogP contribution in [0.1, 0.15) is 34.0 Å². The molecule has 120 valence electrons. The first kappa shape index (κ1) is 16.7. The summed E-state index contributed by atoms with van der Waals surface area (Å²) in [5, 5.41) is 2.79. The average Bonchev–Trinajstić information content (AvgIpc) is 2.50. The van der Waals surface area contributed by atoms with Gasteiger partial charge in [-0.2, -0.15) is 0 Å². The van der Waals surface area contributed by atoms with Gasteiger partial charge in [-0.05, 0) is 51.0 Å². The van der Waals surface area contributed by atoms with E-state index in [0.29, 0.717) is 5.56 Å². The van der Waals surface area contributed by atoms with Gasteiger partial charge in [-0.15, -0.1) is 0 Å². The molecule has 0 aliphatic heterocycles. The summed E-state index contributed by atoms with van der Waals surface area (Å²) in [6.07, 6.45) is -0.872. The lowest BCUT2D eigenvalue weighted by Crippen LogP contribution is -2.30. The fraction of sp³-hybridized carbons (Fsp3) is 0.263. The van der Waals surface area contributed by atoms with Gasteiger partial charge in [0.05, 0.1) is 5.56 Å². The van der Waals surface area contributed by atoms with E-state index in [1.165, 1.54) is 0 Å². The Labute approximate surface area is 136 Å². The number of hydrogen-bond donors (Lipinski definition) is 1. The number of hydrogen-bond acceptors (Lipinski definition) is 3. The third kappa shape index (κ3) is 4.19. The summed E-state index contributed by atoms with van der Waals surface area (Å²) in [6.45, 7) is 7.31. The summed E-state index contributed by atoms with van der Waals surface area (Å²) < 4.78 is 5.26. The van der Waals surface area contributed by atoms with Crippen molar-refractivity contribution < 1.29 is 14.3 Å². The average molecular weight is 311 g/mol. The first-order valence-corrected chi connectivity index (χ1v) is 7.53. The smallest absolute Gasteiger partial charge is 0.339 e. The number of carbonyl (C=O) groups excluding carboxylic acids is 2. The van der Waals surface area contributed by atoms with Crippen molar-refractivity contribution in [1.82, 2.24) is 0 Å². The van der Waals surface area contributed by atoms with Crippen LogP contribution in [0.4, 0.5) is 5.69 Å². The van der Waals surface area contributed by atoms with Crippen LogP contribution in [-0.2, 0) is 9.53 Å². The normalized spacial score (nSPS) is 11.7. The van der Waals surface area contributed by atoms with Crippen LogP contribution in [-0.4, -0.2) is 18.0 Å². The minimum absolute atomic E-state index is 0.348. The van der Waals surface area contributed by atoms with Crippen LogP contribution in [0.3, 0.4) is 0 Å². The highest BCUT2D eigenvalue weighted by molar-refractivity contribution is 5.98. The van der Waals surface area contributed by atoms with Crippen LogP contribution in [0.5, 0.6) is 0 Å². The van der Waals surface area contributed by atoms with Crippen molar-refractivity contribution in [2.45, 2.75) is 33.8 Å². The summed E-state index contributed by atoms with van der Waals surface area (Å²) in [6, 6.07) is 12.9. The molecule has 4 nitrogen and oxygen atoms in total. The standard InChI is InChI=1S/C19H21NO3/c1-12-9-10-17(14(3)11-12)20-18(21)15(4)23-19(22)16-8-6-5-7-13(16)2/h5-11,15H,1-4H3,(H,20,21)/t15-/m1/s1. The topological polar surface area (TPSA) is 55.4 Å². The van der Waals surface area contributed by atoms with Gasteiger partial charge in [0.15, 0.2) is 6.10 Å². The Kier molecular flexibility index (Phi) is 5.16. The zero-order valence-corrected chi connectivity index (χ0v) is 13.8. The highest BCUT2D eigenvalue weighted by atomic mass is 16.5. The molecule has 0 saturated carbocycles. The van der Waals surface area contributed by atoms with E-state index < -0.39 is 12.1 Å². The monoisotopic (exact) mass is 311 g/mol. The Balaban J connectivity index is 2.03. The summed E-state index contributed by atoms with van der Waals surface area (Å²) in [4.78, 5) is 24.4. The zero-order valence-electron chi connectivity index (χ0n) is 13.8. The number of esters is 1. The lowest BCUT2D eigenvalue weighted by Gasteiger charge is -2.15. The second kappa shape index (κ2) is 7.09. The Morgan fingerprint density at radius 2 is 1.70 bits per heavy atom. The first-order valence-electron chi connectivity index (χ1n) is 7.53. The highest BCUT2D eigenvalue weighted by Gasteiger charge is 2.20. The lowest BCUT2D eigenvalue weighted by atomic mass is 10.1. The molecule has 4 heteroatoms. The Morgan fingerprint density at radius 3 is 2.35 bits per heavy atom. The van der Waals surface area contributed by atoms with Crippen molar-refractivity contribution in [2.75, 3.05) is 5.32 Å². The van der Waals surface area contributed by atoms with Crippen LogP contribution >= 0.6 is 0 Å². The molecule has 0 spiro atoms. The van der Waals surface area contributed by atoms with E-state index >= 15 is 0 Å². The van der Waals surface area contributed by atoms with Gasteiger partial charge in [0.1, 0.15) is 0 Å². The SMILES string of the molecule is Cc1ccc(NC(=O)[C@@H](C)OC(=O)c2ccccc2C)c(C)c1. The summed E-state index contributed by atoms with van der Waals surface area (Å²) >= 11 is 0. The van der Waals surface area contributed by atoms with Crippen molar-refractivity contribution in [3.63, 3.8) is 0 Å². The van der Waals surface area contributed by atoms with Gasteiger partial charge in [-0.25, -0.2) is 4.79 Å². The molecule has 2 rings (SSSR count). The van der Waals surface area contributed by atoms with Gasteiger partial charge in [0.2, 0.25) is 0 Å². The molecule has 0 unspecified atom stereocenters. The third-order valence-electron chi connectivity index (χ3n) is 3.66. The molecule has 1 amide bonds. The van der Waals surface area contributed by atoms with E-state index in [1.807, 2.05) is 51.1 Å². The summed E-state index contributed by atoms with van der Waals surface area (Å²) in [5.41, 5.74) is 4.10. The maximum absolute atomic E-state index is 12.2. The zero-order chi connectivity index (χ0) is 17.0. The molecule has 1 atom stereocenters. The molecule has 0 saturated heterocycles. The van der Waals surface area contributed by atoms with Crippen molar-refractivity contribution >= 4 is 17.6 Å². The number of rotatable bonds is 4. The number of carbonyl (C=O) groups is 2. The maximum atomic E-state index is 12.2. The Bertz CT molecular complexity index is 737. The maximum Gasteiger partial charge on any atom is 0.339 e.